The van der Waals surface area contributed by atoms with E-state index in [2.05, 4.69) is 10.6 Å². The Morgan fingerprint density at radius 3 is 2.36 bits per heavy atom. The molecule has 2 aromatic rings. The van der Waals surface area contributed by atoms with E-state index in [1.165, 1.54) is 5.56 Å². The predicted octanol–water partition coefficient (Wildman–Crippen LogP) is 3.46. The predicted molar refractivity (Wildman–Crippen MR) is 99.1 cm³/mol. The van der Waals surface area contributed by atoms with Gasteiger partial charge in [0.1, 0.15) is 5.75 Å². The zero-order valence-corrected chi connectivity index (χ0v) is 14.9. The number of rotatable bonds is 7. The van der Waals surface area contributed by atoms with E-state index >= 15 is 0 Å². The molecule has 0 spiro atoms. The summed E-state index contributed by atoms with van der Waals surface area (Å²) in [6, 6.07) is 12.5. The molecule has 0 unspecified atom stereocenters. The number of amides is 2. The number of hydrogen-bond acceptors (Lipinski definition) is 3. The first-order chi connectivity index (χ1) is 12.0. The van der Waals surface area contributed by atoms with Crippen LogP contribution in [0, 0.1) is 13.8 Å². The number of hydrogen-bond donors (Lipinski definition) is 2. The third kappa shape index (κ3) is 5.64. The van der Waals surface area contributed by atoms with E-state index < -0.39 is 0 Å². The molecule has 2 amide bonds. The average molecular weight is 340 g/mol. The highest BCUT2D eigenvalue weighted by molar-refractivity contribution is 5.96. The van der Waals surface area contributed by atoms with Crippen LogP contribution in [0.15, 0.2) is 42.5 Å². The first-order valence-electron chi connectivity index (χ1n) is 8.37. The highest BCUT2D eigenvalue weighted by atomic mass is 16.5. The van der Waals surface area contributed by atoms with Gasteiger partial charge in [-0.05, 0) is 67.8 Å². The van der Waals surface area contributed by atoms with Crippen LogP contribution in [0.2, 0.25) is 0 Å². The quantitative estimate of drug-likeness (QED) is 0.811. The number of carbonyl (C=O) groups excluding carboxylic acids is 2. The molecule has 132 valence electrons. The van der Waals surface area contributed by atoms with Crippen molar-refractivity contribution in [3.63, 3.8) is 0 Å². The van der Waals surface area contributed by atoms with Crippen molar-refractivity contribution in [3.8, 4) is 5.75 Å². The van der Waals surface area contributed by atoms with E-state index in [-0.39, 0.29) is 18.4 Å². The molecule has 0 aliphatic heterocycles. The Hall–Kier alpha value is -2.82. The van der Waals surface area contributed by atoms with Gasteiger partial charge in [0.05, 0.1) is 0 Å². The summed E-state index contributed by atoms with van der Waals surface area (Å²) in [4.78, 5) is 23.8. The van der Waals surface area contributed by atoms with Crippen molar-refractivity contribution in [3.05, 3.63) is 59.2 Å². The Bertz CT molecular complexity index is 739. The van der Waals surface area contributed by atoms with Gasteiger partial charge in [0.15, 0.2) is 6.61 Å². The van der Waals surface area contributed by atoms with Crippen LogP contribution in [-0.2, 0) is 4.79 Å². The van der Waals surface area contributed by atoms with Gasteiger partial charge in [-0.1, -0.05) is 13.0 Å². The lowest BCUT2D eigenvalue weighted by atomic mass is 10.1. The second kappa shape index (κ2) is 8.87. The van der Waals surface area contributed by atoms with Gasteiger partial charge in [0, 0.05) is 17.8 Å². The molecule has 5 heteroatoms. The molecule has 25 heavy (non-hydrogen) atoms. The molecule has 2 N–H and O–H groups in total. The largest absolute Gasteiger partial charge is 0.484 e. The standard InChI is InChI=1S/C20H24N2O3/c1-4-11-21-20(24)16-6-8-17(9-7-16)22-19(23)13-25-18-10-5-14(2)15(3)12-18/h5-10,12H,4,11,13H2,1-3H3,(H,21,24)(H,22,23). The lowest BCUT2D eigenvalue weighted by molar-refractivity contribution is -0.118. The Balaban J connectivity index is 1.85. The Kier molecular flexibility index (Phi) is 6.57. The SMILES string of the molecule is CCCNC(=O)c1ccc(NC(=O)COc2ccc(C)c(C)c2)cc1. The normalized spacial score (nSPS) is 10.2. The summed E-state index contributed by atoms with van der Waals surface area (Å²) in [6.07, 6.45) is 0.889. The van der Waals surface area contributed by atoms with E-state index in [9.17, 15) is 9.59 Å². The van der Waals surface area contributed by atoms with Gasteiger partial charge in [-0.2, -0.15) is 0 Å². The maximum absolute atomic E-state index is 12.0. The molecule has 0 bridgehead atoms. The van der Waals surface area contributed by atoms with Crippen LogP contribution in [0.1, 0.15) is 34.8 Å². The summed E-state index contributed by atoms with van der Waals surface area (Å²) in [7, 11) is 0. The van der Waals surface area contributed by atoms with Crippen molar-refractivity contribution in [2.75, 3.05) is 18.5 Å². The molecule has 0 saturated heterocycles. The van der Waals surface area contributed by atoms with Gasteiger partial charge < -0.3 is 15.4 Å². The first-order valence-corrected chi connectivity index (χ1v) is 8.37. The molecule has 2 rings (SSSR count). The van der Waals surface area contributed by atoms with Crippen molar-refractivity contribution < 1.29 is 14.3 Å². The van der Waals surface area contributed by atoms with Crippen LogP contribution >= 0.6 is 0 Å². The maximum Gasteiger partial charge on any atom is 0.262 e. The minimum atomic E-state index is -0.249. The van der Waals surface area contributed by atoms with Gasteiger partial charge in [-0.3, -0.25) is 9.59 Å². The molecule has 0 radical (unpaired) electrons. The average Bonchev–Trinajstić information content (AvgIpc) is 2.61. The Morgan fingerprint density at radius 1 is 1.00 bits per heavy atom. The molecule has 0 aliphatic rings. The molecular weight excluding hydrogens is 316 g/mol. The Morgan fingerprint density at radius 2 is 1.72 bits per heavy atom. The monoisotopic (exact) mass is 340 g/mol. The van der Waals surface area contributed by atoms with Crippen LogP contribution in [-0.4, -0.2) is 25.0 Å². The highest BCUT2D eigenvalue weighted by Crippen LogP contribution is 2.16. The van der Waals surface area contributed by atoms with Crippen molar-refractivity contribution in [1.82, 2.24) is 5.32 Å². The van der Waals surface area contributed by atoms with Crippen molar-refractivity contribution in [1.29, 1.82) is 0 Å². The van der Waals surface area contributed by atoms with Crippen LogP contribution in [0.4, 0.5) is 5.69 Å². The molecule has 0 fully saturated rings. The smallest absolute Gasteiger partial charge is 0.262 e. The third-order valence-electron chi connectivity index (χ3n) is 3.81. The molecule has 0 aromatic heterocycles. The maximum atomic E-state index is 12.0. The van der Waals surface area contributed by atoms with Crippen molar-refractivity contribution in [2.45, 2.75) is 27.2 Å². The van der Waals surface area contributed by atoms with E-state index in [1.807, 2.05) is 39.0 Å². The van der Waals surface area contributed by atoms with Gasteiger partial charge in [0.2, 0.25) is 0 Å². The number of aryl methyl sites for hydroxylation is 2. The van der Waals surface area contributed by atoms with E-state index in [4.69, 9.17) is 4.74 Å². The van der Waals surface area contributed by atoms with Crippen LogP contribution < -0.4 is 15.4 Å². The highest BCUT2D eigenvalue weighted by Gasteiger charge is 2.07. The summed E-state index contributed by atoms with van der Waals surface area (Å²) >= 11 is 0. The zero-order valence-electron chi connectivity index (χ0n) is 14.9. The van der Waals surface area contributed by atoms with Gasteiger partial charge in [-0.25, -0.2) is 0 Å². The Labute approximate surface area is 148 Å². The van der Waals surface area contributed by atoms with E-state index in [1.54, 1.807) is 24.3 Å². The van der Waals surface area contributed by atoms with Gasteiger partial charge in [-0.15, -0.1) is 0 Å². The third-order valence-corrected chi connectivity index (χ3v) is 3.81. The van der Waals surface area contributed by atoms with Crippen LogP contribution in [0.5, 0.6) is 5.75 Å². The number of carbonyl (C=O) groups is 2. The number of anilines is 1. The fourth-order valence-electron chi connectivity index (χ4n) is 2.20. The lowest BCUT2D eigenvalue weighted by Gasteiger charge is -2.09. The molecule has 0 saturated carbocycles. The fourth-order valence-corrected chi connectivity index (χ4v) is 2.20. The van der Waals surface area contributed by atoms with Crippen LogP contribution in [0.25, 0.3) is 0 Å². The molecular formula is C20H24N2O3. The number of ether oxygens (including phenoxy) is 1. The van der Waals surface area contributed by atoms with E-state index in [0.717, 1.165) is 12.0 Å². The number of benzene rings is 2. The zero-order chi connectivity index (χ0) is 18.2. The first kappa shape index (κ1) is 18.5. The fraction of sp³-hybridized carbons (Fsp3) is 0.300. The summed E-state index contributed by atoms with van der Waals surface area (Å²) < 4.78 is 5.51. The summed E-state index contributed by atoms with van der Waals surface area (Å²) in [6.45, 7) is 6.60. The van der Waals surface area contributed by atoms with E-state index in [0.29, 0.717) is 23.5 Å². The number of nitrogens with one attached hydrogen (secondary N) is 2. The lowest BCUT2D eigenvalue weighted by Crippen LogP contribution is -2.24. The van der Waals surface area contributed by atoms with Gasteiger partial charge in [0.25, 0.3) is 11.8 Å². The van der Waals surface area contributed by atoms with Crippen molar-refractivity contribution in [2.24, 2.45) is 0 Å². The summed E-state index contributed by atoms with van der Waals surface area (Å²) in [5.41, 5.74) is 3.49. The minimum absolute atomic E-state index is 0.0682. The minimum Gasteiger partial charge on any atom is -0.484 e. The van der Waals surface area contributed by atoms with Crippen LogP contribution in [0.3, 0.4) is 0 Å². The molecule has 5 nitrogen and oxygen atoms in total. The second-order valence-electron chi connectivity index (χ2n) is 5.92. The summed E-state index contributed by atoms with van der Waals surface area (Å²) in [5.74, 6) is 0.306. The summed E-state index contributed by atoms with van der Waals surface area (Å²) in [5, 5.41) is 5.56. The topological polar surface area (TPSA) is 67.4 Å². The molecule has 0 heterocycles. The van der Waals surface area contributed by atoms with Gasteiger partial charge >= 0.3 is 0 Å². The second-order valence-corrected chi connectivity index (χ2v) is 5.92. The van der Waals surface area contributed by atoms with Crippen molar-refractivity contribution >= 4 is 17.5 Å². The molecule has 0 aliphatic carbocycles. The molecule has 0 atom stereocenters. The molecule has 2 aromatic carbocycles.